The number of imidazole rings is 1. The Balaban J connectivity index is 1.66. The molecule has 9 nitrogen and oxygen atoms in total. The summed E-state index contributed by atoms with van der Waals surface area (Å²) in [6.45, 7) is 0.563. The molecule has 0 spiro atoms. The Morgan fingerprint density at radius 3 is 2.59 bits per heavy atom. The summed E-state index contributed by atoms with van der Waals surface area (Å²) in [6.07, 6.45) is 5.14. The molecule has 172 valence electrons. The maximum absolute atomic E-state index is 13.0. The summed E-state index contributed by atoms with van der Waals surface area (Å²) < 4.78 is 30.9. The van der Waals surface area contributed by atoms with Crippen LogP contribution in [0.15, 0.2) is 65.7 Å². The lowest BCUT2D eigenvalue weighted by molar-refractivity contribution is 0.308. The van der Waals surface area contributed by atoms with Gasteiger partial charge in [0.2, 0.25) is 0 Å². The second-order valence-corrected chi connectivity index (χ2v) is 9.60. The smallest absolute Gasteiger partial charge is 0.331 e. The molecule has 34 heavy (non-hydrogen) atoms. The van der Waals surface area contributed by atoms with Crippen molar-refractivity contribution in [3.05, 3.63) is 77.1 Å². The molecule has 3 heterocycles. The number of fused-ring (bicyclic) bond motifs is 2. The van der Waals surface area contributed by atoms with Crippen LogP contribution in [0, 0.1) is 11.3 Å². The topological polar surface area (TPSA) is 126 Å². The Bertz CT molecular complexity index is 1730. The van der Waals surface area contributed by atoms with E-state index in [4.69, 9.17) is 4.18 Å². The van der Waals surface area contributed by atoms with Crippen molar-refractivity contribution < 1.29 is 12.6 Å². The fourth-order valence-electron chi connectivity index (χ4n) is 4.31. The summed E-state index contributed by atoms with van der Waals surface area (Å²) in [5.41, 5.74) is 3.38. The van der Waals surface area contributed by atoms with E-state index in [1.165, 1.54) is 4.57 Å². The summed E-state index contributed by atoms with van der Waals surface area (Å²) in [5.74, 6) is 0. The van der Waals surface area contributed by atoms with E-state index in [1.807, 2.05) is 59.3 Å². The van der Waals surface area contributed by atoms with Crippen LogP contribution in [-0.4, -0.2) is 40.4 Å². The van der Waals surface area contributed by atoms with Crippen LogP contribution in [0.1, 0.15) is 12.1 Å². The molecular formula is C24H21N5O4S. The van der Waals surface area contributed by atoms with Crippen molar-refractivity contribution in [2.45, 2.75) is 13.0 Å². The zero-order valence-corrected chi connectivity index (χ0v) is 19.1. The Morgan fingerprint density at radius 2 is 1.82 bits per heavy atom. The minimum absolute atomic E-state index is 0.0638. The molecular weight excluding hydrogens is 454 g/mol. The number of nitrogens with zero attached hydrogens (tertiary/aromatic N) is 3. The van der Waals surface area contributed by atoms with Crippen LogP contribution < -0.4 is 5.69 Å². The van der Waals surface area contributed by atoms with Crippen molar-refractivity contribution in [1.29, 1.82) is 5.26 Å². The van der Waals surface area contributed by atoms with Gasteiger partial charge >= 0.3 is 5.69 Å². The van der Waals surface area contributed by atoms with Gasteiger partial charge in [0.05, 0.1) is 24.2 Å². The van der Waals surface area contributed by atoms with Crippen LogP contribution >= 0.6 is 0 Å². The van der Waals surface area contributed by atoms with E-state index in [2.05, 4.69) is 16.0 Å². The molecule has 2 aromatic carbocycles. The molecule has 0 saturated heterocycles. The molecule has 10 heteroatoms. The van der Waals surface area contributed by atoms with E-state index in [9.17, 15) is 18.5 Å². The van der Waals surface area contributed by atoms with Crippen molar-refractivity contribution in [2.24, 2.45) is 0 Å². The standard InChI is InChI=1S/C24H21N5O4S/c1-34(31,32)33-12-6-11-28-15-18(16-7-3-5-10-21(16)28)23-20(13-25)27-24(30)29(23)22-14-26-19-9-4-2-8-17(19)22/h2-5,7-10,14-15,26H,6,11-12H2,1H3,(H,27,30). The third-order valence-electron chi connectivity index (χ3n) is 5.70. The van der Waals surface area contributed by atoms with E-state index in [0.29, 0.717) is 24.3 Å². The molecule has 0 unspecified atom stereocenters. The van der Waals surface area contributed by atoms with Gasteiger partial charge in [-0.05, 0) is 18.6 Å². The highest BCUT2D eigenvalue weighted by Gasteiger charge is 2.23. The van der Waals surface area contributed by atoms with Crippen LogP contribution in [0.2, 0.25) is 0 Å². The predicted octanol–water partition coefficient (Wildman–Crippen LogP) is 3.51. The van der Waals surface area contributed by atoms with Crippen LogP contribution in [0.4, 0.5) is 0 Å². The van der Waals surface area contributed by atoms with Gasteiger partial charge in [-0.2, -0.15) is 13.7 Å². The molecule has 5 aromatic rings. The fraction of sp³-hybridized carbons (Fsp3) is 0.167. The number of rotatable bonds is 7. The normalized spacial score (nSPS) is 11.9. The van der Waals surface area contributed by atoms with Crippen molar-refractivity contribution >= 4 is 31.9 Å². The van der Waals surface area contributed by atoms with Crippen LogP contribution in [-0.2, 0) is 20.8 Å². The van der Waals surface area contributed by atoms with E-state index >= 15 is 0 Å². The minimum atomic E-state index is -3.50. The first-order valence-electron chi connectivity index (χ1n) is 10.6. The van der Waals surface area contributed by atoms with E-state index in [0.717, 1.165) is 33.6 Å². The molecule has 0 aliphatic heterocycles. The molecule has 2 N–H and O–H groups in total. The van der Waals surface area contributed by atoms with Crippen LogP contribution in [0.3, 0.4) is 0 Å². The first-order chi connectivity index (χ1) is 16.4. The number of hydrogen-bond acceptors (Lipinski definition) is 5. The van der Waals surface area contributed by atoms with Crippen molar-refractivity contribution in [3.63, 3.8) is 0 Å². The zero-order valence-electron chi connectivity index (χ0n) is 18.3. The van der Waals surface area contributed by atoms with Gasteiger partial charge in [0.25, 0.3) is 10.1 Å². The molecule has 0 fully saturated rings. The number of para-hydroxylation sites is 2. The third kappa shape index (κ3) is 3.81. The Labute approximate surface area is 195 Å². The molecule has 0 radical (unpaired) electrons. The maximum atomic E-state index is 13.0. The number of H-pyrrole nitrogens is 2. The van der Waals surface area contributed by atoms with Gasteiger partial charge in [0, 0.05) is 46.3 Å². The maximum Gasteiger partial charge on any atom is 0.331 e. The summed E-state index contributed by atoms with van der Waals surface area (Å²) >= 11 is 0. The van der Waals surface area contributed by atoms with Gasteiger partial charge in [0.1, 0.15) is 11.8 Å². The summed E-state index contributed by atoms with van der Waals surface area (Å²) in [4.78, 5) is 18.9. The Kier molecular flexibility index (Phi) is 5.36. The number of aromatic nitrogens is 4. The monoisotopic (exact) mass is 475 g/mol. The van der Waals surface area contributed by atoms with Crippen LogP contribution in [0.5, 0.6) is 0 Å². The minimum Gasteiger partial charge on any atom is -0.359 e. The lowest BCUT2D eigenvalue weighted by Crippen LogP contribution is -2.15. The predicted molar refractivity (Wildman–Crippen MR) is 129 cm³/mol. The highest BCUT2D eigenvalue weighted by Crippen LogP contribution is 2.34. The molecule has 0 amide bonds. The van der Waals surface area contributed by atoms with E-state index in [-0.39, 0.29) is 12.3 Å². The average molecular weight is 476 g/mol. The van der Waals surface area contributed by atoms with Crippen LogP contribution in [0.25, 0.3) is 38.8 Å². The quantitative estimate of drug-likeness (QED) is 0.275. The number of hydrogen-bond donors (Lipinski definition) is 2. The average Bonchev–Trinajstić information content (AvgIpc) is 3.49. The largest absolute Gasteiger partial charge is 0.359 e. The Hall–Kier alpha value is -4.07. The molecule has 0 aliphatic carbocycles. The number of nitriles is 1. The van der Waals surface area contributed by atoms with Gasteiger partial charge in [-0.15, -0.1) is 0 Å². The molecule has 3 aromatic heterocycles. The van der Waals surface area contributed by atoms with E-state index in [1.54, 1.807) is 6.20 Å². The first kappa shape index (κ1) is 21.8. The van der Waals surface area contributed by atoms with Gasteiger partial charge in [-0.1, -0.05) is 36.4 Å². The number of benzene rings is 2. The Morgan fingerprint density at radius 1 is 1.09 bits per heavy atom. The van der Waals surface area contributed by atoms with Crippen molar-refractivity contribution in [3.8, 4) is 23.0 Å². The lowest BCUT2D eigenvalue weighted by Gasteiger charge is -2.06. The number of aryl methyl sites for hydroxylation is 1. The molecule has 0 bridgehead atoms. The summed E-state index contributed by atoms with van der Waals surface area (Å²) in [5, 5.41) is 11.6. The second kappa shape index (κ2) is 8.37. The lowest BCUT2D eigenvalue weighted by atomic mass is 10.1. The highest BCUT2D eigenvalue weighted by molar-refractivity contribution is 7.85. The summed E-state index contributed by atoms with van der Waals surface area (Å²) in [7, 11) is -3.50. The number of aromatic amines is 2. The van der Waals surface area contributed by atoms with Gasteiger partial charge in [-0.3, -0.25) is 13.7 Å². The first-order valence-corrected chi connectivity index (χ1v) is 12.4. The highest BCUT2D eigenvalue weighted by atomic mass is 32.2. The van der Waals surface area contributed by atoms with Gasteiger partial charge < -0.3 is 9.55 Å². The van der Waals surface area contributed by atoms with E-state index < -0.39 is 15.8 Å². The molecule has 0 saturated carbocycles. The third-order valence-corrected chi connectivity index (χ3v) is 6.29. The second-order valence-electron chi connectivity index (χ2n) is 7.95. The molecule has 0 atom stereocenters. The van der Waals surface area contributed by atoms with Crippen molar-refractivity contribution in [1.82, 2.24) is 19.1 Å². The molecule has 5 rings (SSSR count). The fourth-order valence-corrected chi connectivity index (χ4v) is 4.73. The van der Waals surface area contributed by atoms with Gasteiger partial charge in [0.15, 0.2) is 0 Å². The van der Waals surface area contributed by atoms with Crippen molar-refractivity contribution in [2.75, 3.05) is 12.9 Å². The zero-order chi connectivity index (χ0) is 23.9. The summed E-state index contributed by atoms with van der Waals surface area (Å²) in [6, 6.07) is 17.5. The molecule has 0 aliphatic rings. The number of nitrogens with one attached hydrogen (secondary N) is 2. The van der Waals surface area contributed by atoms with Gasteiger partial charge in [-0.25, -0.2) is 4.79 Å². The SMILES string of the molecule is CS(=O)(=O)OCCCn1cc(-c2c(C#N)[nH]c(=O)n2-c2c[nH]c3ccccc23)c2ccccc21.